The van der Waals surface area contributed by atoms with Crippen molar-refractivity contribution in [1.29, 1.82) is 0 Å². The zero-order chi connectivity index (χ0) is 20.7. The highest BCUT2D eigenvalue weighted by Gasteiger charge is 2.13. The van der Waals surface area contributed by atoms with Crippen LogP contribution in [0, 0.1) is 12.8 Å². The fraction of sp³-hybridized carbons (Fsp3) is 0.350. The summed E-state index contributed by atoms with van der Waals surface area (Å²) in [5.41, 5.74) is 1.86. The summed E-state index contributed by atoms with van der Waals surface area (Å²) in [6.07, 6.45) is 2.77. The highest BCUT2D eigenvalue weighted by molar-refractivity contribution is 6.31. The molecule has 2 rings (SSSR count). The van der Waals surface area contributed by atoms with Crippen molar-refractivity contribution in [3.63, 3.8) is 0 Å². The lowest BCUT2D eigenvalue weighted by Gasteiger charge is -2.09. The number of methoxy groups -OCH3 is 1. The number of halogens is 1. The van der Waals surface area contributed by atoms with E-state index in [0.717, 1.165) is 0 Å². The van der Waals surface area contributed by atoms with Crippen molar-refractivity contribution in [2.24, 2.45) is 5.92 Å². The molecule has 0 atom stereocenters. The number of carbonyl (C=O) groups is 2. The Morgan fingerprint density at radius 3 is 2.71 bits per heavy atom. The van der Waals surface area contributed by atoms with Crippen LogP contribution in [0.5, 0.6) is 5.75 Å². The third-order valence-corrected chi connectivity index (χ3v) is 4.16. The maximum absolute atomic E-state index is 12.0. The van der Waals surface area contributed by atoms with Crippen LogP contribution >= 0.6 is 11.6 Å². The Bertz CT molecular complexity index is 874. The predicted molar refractivity (Wildman–Crippen MR) is 108 cm³/mol. The number of aromatic nitrogens is 2. The predicted octanol–water partition coefficient (Wildman–Crippen LogP) is 3.70. The van der Waals surface area contributed by atoms with Crippen LogP contribution in [-0.2, 0) is 20.9 Å². The van der Waals surface area contributed by atoms with Crippen molar-refractivity contribution in [2.75, 3.05) is 19.0 Å². The first-order valence-electron chi connectivity index (χ1n) is 8.82. The molecular weight excluding hydrogens is 382 g/mol. The molecule has 1 amide bonds. The van der Waals surface area contributed by atoms with Crippen molar-refractivity contribution in [3.05, 3.63) is 46.8 Å². The van der Waals surface area contributed by atoms with E-state index < -0.39 is 18.5 Å². The molecular formula is C20H24ClN3O4. The number of carbonyl (C=O) groups excluding carboxylic acids is 2. The monoisotopic (exact) mass is 405 g/mol. The standard InChI is InChI=1S/C20H24ClN3O4/c1-13(2)11-24-20(21)15(14(3)23-24)9-10-19(26)28-12-18(25)22-16-7-5-6-8-17(16)27-4/h5-10,13H,11-12H2,1-4H3,(H,22,25)/b10-9+. The van der Waals surface area contributed by atoms with Crippen LogP contribution in [0.4, 0.5) is 5.69 Å². The highest BCUT2D eigenvalue weighted by Crippen LogP contribution is 2.23. The number of para-hydroxylation sites is 2. The van der Waals surface area contributed by atoms with E-state index in [0.29, 0.717) is 40.3 Å². The van der Waals surface area contributed by atoms with E-state index >= 15 is 0 Å². The fourth-order valence-electron chi connectivity index (χ4n) is 2.49. The molecule has 1 N–H and O–H groups in total. The van der Waals surface area contributed by atoms with Crippen molar-refractivity contribution in [2.45, 2.75) is 27.3 Å². The molecule has 0 fully saturated rings. The van der Waals surface area contributed by atoms with Gasteiger partial charge in [-0.1, -0.05) is 37.6 Å². The number of hydrogen-bond acceptors (Lipinski definition) is 5. The number of esters is 1. The molecule has 1 aromatic heterocycles. The van der Waals surface area contributed by atoms with E-state index in [1.54, 1.807) is 35.0 Å². The Morgan fingerprint density at radius 1 is 1.32 bits per heavy atom. The molecule has 0 radical (unpaired) electrons. The Hall–Kier alpha value is -2.80. The molecule has 0 bridgehead atoms. The molecule has 7 nitrogen and oxygen atoms in total. The lowest BCUT2D eigenvalue weighted by atomic mass is 10.2. The van der Waals surface area contributed by atoms with Crippen LogP contribution in [0.2, 0.25) is 5.15 Å². The average molecular weight is 406 g/mol. The molecule has 1 heterocycles. The molecule has 2 aromatic rings. The number of aryl methyl sites for hydroxylation is 1. The molecule has 8 heteroatoms. The van der Waals surface area contributed by atoms with Crippen LogP contribution in [0.25, 0.3) is 6.08 Å². The van der Waals surface area contributed by atoms with Crippen molar-refractivity contribution >= 4 is 35.2 Å². The van der Waals surface area contributed by atoms with Gasteiger partial charge in [0.05, 0.1) is 18.5 Å². The summed E-state index contributed by atoms with van der Waals surface area (Å²) in [6.45, 7) is 6.21. The second kappa shape index (κ2) is 9.94. The summed E-state index contributed by atoms with van der Waals surface area (Å²) in [6, 6.07) is 6.96. The Kier molecular flexibility index (Phi) is 7.63. The quantitative estimate of drug-likeness (QED) is 0.534. The SMILES string of the molecule is COc1ccccc1NC(=O)COC(=O)/C=C/c1c(C)nn(CC(C)C)c1Cl. The van der Waals surface area contributed by atoms with Gasteiger partial charge in [-0.25, -0.2) is 4.79 Å². The van der Waals surface area contributed by atoms with Crippen molar-refractivity contribution in [1.82, 2.24) is 9.78 Å². The maximum Gasteiger partial charge on any atom is 0.331 e. The van der Waals surface area contributed by atoms with Gasteiger partial charge in [0.15, 0.2) is 6.61 Å². The first kappa shape index (κ1) is 21.5. The minimum atomic E-state index is -0.651. The van der Waals surface area contributed by atoms with E-state index in [2.05, 4.69) is 24.3 Å². The summed E-state index contributed by atoms with van der Waals surface area (Å²) in [5.74, 6) is -0.210. The van der Waals surface area contributed by atoms with E-state index in [-0.39, 0.29) is 0 Å². The largest absolute Gasteiger partial charge is 0.495 e. The van der Waals surface area contributed by atoms with Gasteiger partial charge in [-0.05, 0) is 31.1 Å². The van der Waals surface area contributed by atoms with Crippen molar-refractivity contribution in [3.8, 4) is 5.75 Å². The smallest absolute Gasteiger partial charge is 0.331 e. The number of anilines is 1. The summed E-state index contributed by atoms with van der Waals surface area (Å²) in [5, 5.41) is 7.46. The molecule has 0 aliphatic carbocycles. The van der Waals surface area contributed by atoms with Crippen LogP contribution in [0.3, 0.4) is 0 Å². The summed E-state index contributed by atoms with van der Waals surface area (Å²) < 4.78 is 11.8. The Balaban J connectivity index is 1.92. The zero-order valence-corrected chi connectivity index (χ0v) is 17.1. The number of nitrogens with one attached hydrogen (secondary N) is 1. The number of nitrogens with zero attached hydrogens (tertiary/aromatic N) is 2. The molecule has 150 valence electrons. The number of ether oxygens (including phenoxy) is 2. The molecule has 0 aliphatic heterocycles. The fourth-order valence-corrected chi connectivity index (χ4v) is 2.80. The Labute approximate surface area is 169 Å². The first-order chi connectivity index (χ1) is 13.3. The normalized spacial score (nSPS) is 11.1. The molecule has 1 aromatic carbocycles. The van der Waals surface area contributed by atoms with Gasteiger partial charge in [0, 0.05) is 18.2 Å². The van der Waals surface area contributed by atoms with Gasteiger partial charge in [0.1, 0.15) is 10.9 Å². The number of hydrogen-bond donors (Lipinski definition) is 1. The van der Waals surface area contributed by atoms with Gasteiger partial charge in [-0.15, -0.1) is 0 Å². The van der Waals surface area contributed by atoms with Gasteiger partial charge in [-0.2, -0.15) is 5.10 Å². The third kappa shape index (κ3) is 5.85. The number of amides is 1. The van der Waals surface area contributed by atoms with Gasteiger partial charge in [0.2, 0.25) is 0 Å². The molecule has 28 heavy (non-hydrogen) atoms. The molecule has 0 unspecified atom stereocenters. The minimum Gasteiger partial charge on any atom is -0.495 e. The van der Waals surface area contributed by atoms with E-state index in [1.165, 1.54) is 13.2 Å². The van der Waals surface area contributed by atoms with Gasteiger partial charge >= 0.3 is 5.97 Å². The molecule has 0 saturated carbocycles. The Morgan fingerprint density at radius 2 is 2.04 bits per heavy atom. The second-order valence-corrected chi connectivity index (χ2v) is 6.91. The molecule has 0 aliphatic rings. The zero-order valence-electron chi connectivity index (χ0n) is 16.4. The third-order valence-electron chi connectivity index (χ3n) is 3.76. The van der Waals surface area contributed by atoms with Crippen LogP contribution in [0.1, 0.15) is 25.1 Å². The molecule has 0 saturated heterocycles. The van der Waals surface area contributed by atoms with Crippen LogP contribution in [0.15, 0.2) is 30.3 Å². The van der Waals surface area contributed by atoms with E-state index in [9.17, 15) is 9.59 Å². The molecule has 0 spiro atoms. The van der Waals surface area contributed by atoms with E-state index in [1.807, 2.05) is 6.92 Å². The van der Waals surface area contributed by atoms with E-state index in [4.69, 9.17) is 21.1 Å². The lowest BCUT2D eigenvalue weighted by Crippen LogP contribution is -2.20. The van der Waals surface area contributed by atoms with Crippen LogP contribution in [-0.4, -0.2) is 35.4 Å². The van der Waals surface area contributed by atoms with Gasteiger partial charge in [0.25, 0.3) is 5.91 Å². The van der Waals surface area contributed by atoms with Gasteiger partial charge < -0.3 is 14.8 Å². The topological polar surface area (TPSA) is 82.4 Å². The number of rotatable bonds is 8. The summed E-state index contributed by atoms with van der Waals surface area (Å²) in [7, 11) is 1.51. The highest BCUT2D eigenvalue weighted by atomic mass is 35.5. The summed E-state index contributed by atoms with van der Waals surface area (Å²) >= 11 is 6.32. The summed E-state index contributed by atoms with van der Waals surface area (Å²) in [4.78, 5) is 23.9. The number of benzene rings is 1. The van der Waals surface area contributed by atoms with Crippen molar-refractivity contribution < 1.29 is 19.1 Å². The maximum atomic E-state index is 12.0. The lowest BCUT2D eigenvalue weighted by molar-refractivity contribution is -0.142. The van der Waals surface area contributed by atoms with Crippen LogP contribution < -0.4 is 10.1 Å². The minimum absolute atomic E-state index is 0.389. The first-order valence-corrected chi connectivity index (χ1v) is 9.20. The van der Waals surface area contributed by atoms with Gasteiger partial charge in [-0.3, -0.25) is 9.48 Å². The average Bonchev–Trinajstić information content (AvgIpc) is 2.91. The second-order valence-electron chi connectivity index (χ2n) is 6.56.